The largest absolute Gasteiger partial charge is 0.383 e. The molecule has 0 spiro atoms. The van der Waals surface area contributed by atoms with E-state index in [2.05, 4.69) is 5.32 Å². The number of nitrogens with two attached hydrogens (primary N) is 1. The van der Waals surface area contributed by atoms with Crippen LogP contribution in [0.15, 0.2) is 18.2 Å². The van der Waals surface area contributed by atoms with E-state index in [0.717, 1.165) is 17.8 Å². The molecule has 0 atom stereocenters. The van der Waals surface area contributed by atoms with E-state index in [0.29, 0.717) is 18.2 Å². The Kier molecular flexibility index (Phi) is 4.73. The highest BCUT2D eigenvalue weighted by atomic mass is 35.5. The van der Waals surface area contributed by atoms with Crippen molar-refractivity contribution in [3.05, 3.63) is 28.8 Å². The second-order valence-electron chi connectivity index (χ2n) is 2.93. The highest BCUT2D eigenvalue weighted by Crippen LogP contribution is 2.20. The van der Waals surface area contributed by atoms with E-state index >= 15 is 0 Å². The molecule has 0 unspecified atom stereocenters. The van der Waals surface area contributed by atoms with E-state index in [4.69, 9.17) is 22.1 Å². The summed E-state index contributed by atoms with van der Waals surface area (Å²) in [6.45, 7) is 1.92. The van der Waals surface area contributed by atoms with Gasteiger partial charge in [-0.1, -0.05) is 17.7 Å². The number of nitrogens with one attached hydrogen (secondary N) is 1. The number of hydrogen-bond donors (Lipinski definition) is 2. The van der Waals surface area contributed by atoms with Crippen molar-refractivity contribution in [2.75, 3.05) is 25.6 Å². The monoisotopic (exact) mass is 214 g/mol. The highest BCUT2D eigenvalue weighted by Gasteiger charge is 2.00. The van der Waals surface area contributed by atoms with Crippen molar-refractivity contribution in [3.8, 4) is 0 Å². The molecule has 0 fully saturated rings. The first kappa shape index (κ1) is 11.3. The smallest absolute Gasteiger partial charge is 0.0635 e. The Bertz CT molecular complexity index is 291. The molecule has 3 N–H and O–H groups in total. The van der Waals surface area contributed by atoms with Gasteiger partial charge in [-0.3, -0.25) is 0 Å². The zero-order valence-electron chi connectivity index (χ0n) is 8.22. The van der Waals surface area contributed by atoms with E-state index in [1.54, 1.807) is 7.11 Å². The van der Waals surface area contributed by atoms with E-state index in [1.165, 1.54) is 0 Å². The average Bonchev–Trinajstić information content (AvgIpc) is 2.19. The molecule has 14 heavy (non-hydrogen) atoms. The number of hydrogen-bond acceptors (Lipinski definition) is 3. The third-order valence-electron chi connectivity index (χ3n) is 1.91. The summed E-state index contributed by atoms with van der Waals surface area (Å²) in [5.41, 5.74) is 7.63. The molecule has 0 amide bonds. The van der Waals surface area contributed by atoms with Crippen molar-refractivity contribution in [2.24, 2.45) is 5.73 Å². The topological polar surface area (TPSA) is 47.3 Å². The molecule has 0 radical (unpaired) electrons. The van der Waals surface area contributed by atoms with Crippen molar-refractivity contribution in [2.45, 2.75) is 6.54 Å². The number of methoxy groups -OCH3 is 1. The molecular formula is C10H15ClN2O. The number of benzene rings is 1. The van der Waals surface area contributed by atoms with Crippen LogP contribution in [0.4, 0.5) is 5.69 Å². The predicted octanol–water partition coefficient (Wildman–Crippen LogP) is 1.86. The lowest BCUT2D eigenvalue weighted by atomic mass is 10.2. The zero-order valence-corrected chi connectivity index (χ0v) is 8.97. The van der Waals surface area contributed by atoms with Crippen molar-refractivity contribution in [1.29, 1.82) is 0 Å². The summed E-state index contributed by atoms with van der Waals surface area (Å²) in [6, 6.07) is 5.64. The number of rotatable bonds is 5. The fourth-order valence-corrected chi connectivity index (χ4v) is 1.35. The first-order valence-corrected chi connectivity index (χ1v) is 4.87. The summed E-state index contributed by atoms with van der Waals surface area (Å²) in [7, 11) is 1.67. The van der Waals surface area contributed by atoms with E-state index < -0.39 is 0 Å². The standard InChI is InChI=1S/C10H15ClN2O/c1-14-5-4-13-10-6-9(11)3-2-8(10)7-12/h2-3,6,13H,4-5,7,12H2,1H3. The van der Waals surface area contributed by atoms with Crippen LogP contribution in [0.3, 0.4) is 0 Å². The summed E-state index contributed by atoms with van der Waals surface area (Å²) >= 11 is 5.87. The van der Waals surface area contributed by atoms with Gasteiger partial charge in [-0.05, 0) is 17.7 Å². The molecule has 0 aliphatic heterocycles. The molecule has 1 rings (SSSR count). The Balaban J connectivity index is 2.67. The van der Waals surface area contributed by atoms with Crippen LogP contribution in [0.5, 0.6) is 0 Å². The van der Waals surface area contributed by atoms with Crippen LogP contribution in [0.1, 0.15) is 5.56 Å². The molecule has 0 saturated heterocycles. The molecule has 0 bridgehead atoms. The van der Waals surface area contributed by atoms with E-state index in [1.807, 2.05) is 18.2 Å². The second-order valence-corrected chi connectivity index (χ2v) is 3.36. The Morgan fingerprint density at radius 2 is 2.29 bits per heavy atom. The zero-order chi connectivity index (χ0) is 10.4. The van der Waals surface area contributed by atoms with Gasteiger partial charge in [-0.15, -0.1) is 0 Å². The van der Waals surface area contributed by atoms with Crippen LogP contribution in [0.2, 0.25) is 5.02 Å². The van der Waals surface area contributed by atoms with Gasteiger partial charge in [0, 0.05) is 30.9 Å². The van der Waals surface area contributed by atoms with Gasteiger partial charge in [0.15, 0.2) is 0 Å². The molecule has 0 heterocycles. The average molecular weight is 215 g/mol. The molecule has 78 valence electrons. The van der Waals surface area contributed by atoms with Crippen LogP contribution in [0, 0.1) is 0 Å². The fraction of sp³-hybridized carbons (Fsp3) is 0.400. The summed E-state index contributed by atoms with van der Waals surface area (Å²) in [5.74, 6) is 0. The number of halogens is 1. The third-order valence-corrected chi connectivity index (χ3v) is 2.15. The normalized spacial score (nSPS) is 10.2. The summed E-state index contributed by atoms with van der Waals surface area (Å²) < 4.78 is 4.94. The first-order valence-electron chi connectivity index (χ1n) is 4.49. The Labute approximate surface area is 89.2 Å². The molecule has 0 aliphatic carbocycles. The minimum atomic E-state index is 0.506. The van der Waals surface area contributed by atoms with Gasteiger partial charge in [-0.2, -0.15) is 0 Å². The van der Waals surface area contributed by atoms with Crippen molar-refractivity contribution in [1.82, 2.24) is 0 Å². The van der Waals surface area contributed by atoms with Gasteiger partial charge < -0.3 is 15.8 Å². The van der Waals surface area contributed by atoms with Crippen LogP contribution in [-0.4, -0.2) is 20.3 Å². The molecule has 0 aliphatic rings. The lowest BCUT2D eigenvalue weighted by molar-refractivity contribution is 0.211. The summed E-state index contributed by atoms with van der Waals surface area (Å²) in [4.78, 5) is 0. The van der Waals surface area contributed by atoms with Crippen LogP contribution < -0.4 is 11.1 Å². The maximum absolute atomic E-state index is 5.87. The number of ether oxygens (including phenoxy) is 1. The van der Waals surface area contributed by atoms with Crippen molar-refractivity contribution < 1.29 is 4.74 Å². The quantitative estimate of drug-likeness (QED) is 0.736. The third kappa shape index (κ3) is 3.18. The van der Waals surface area contributed by atoms with E-state index in [9.17, 15) is 0 Å². The van der Waals surface area contributed by atoms with E-state index in [-0.39, 0.29) is 0 Å². The maximum atomic E-state index is 5.87. The van der Waals surface area contributed by atoms with Gasteiger partial charge >= 0.3 is 0 Å². The molecule has 0 aromatic heterocycles. The Hall–Kier alpha value is -0.770. The molecule has 4 heteroatoms. The minimum absolute atomic E-state index is 0.506. The van der Waals surface area contributed by atoms with Gasteiger partial charge in [0.2, 0.25) is 0 Å². The van der Waals surface area contributed by atoms with Gasteiger partial charge in [0.25, 0.3) is 0 Å². The molecule has 0 saturated carbocycles. The summed E-state index contributed by atoms with van der Waals surface area (Å²) in [5, 5.41) is 3.93. The Morgan fingerprint density at radius 3 is 2.93 bits per heavy atom. The molecule has 3 nitrogen and oxygen atoms in total. The van der Waals surface area contributed by atoms with Gasteiger partial charge in [0.1, 0.15) is 0 Å². The second kappa shape index (κ2) is 5.86. The lowest BCUT2D eigenvalue weighted by Crippen LogP contribution is -2.10. The molecular weight excluding hydrogens is 200 g/mol. The van der Waals surface area contributed by atoms with Gasteiger partial charge in [-0.25, -0.2) is 0 Å². The van der Waals surface area contributed by atoms with Gasteiger partial charge in [0.05, 0.1) is 6.61 Å². The Morgan fingerprint density at radius 1 is 1.50 bits per heavy atom. The molecule has 1 aromatic carbocycles. The summed E-state index contributed by atoms with van der Waals surface area (Å²) in [6.07, 6.45) is 0. The first-order chi connectivity index (χ1) is 6.77. The van der Waals surface area contributed by atoms with Crippen LogP contribution in [0.25, 0.3) is 0 Å². The minimum Gasteiger partial charge on any atom is -0.383 e. The maximum Gasteiger partial charge on any atom is 0.0635 e. The highest BCUT2D eigenvalue weighted by molar-refractivity contribution is 6.30. The fourth-order valence-electron chi connectivity index (χ4n) is 1.18. The predicted molar refractivity (Wildman–Crippen MR) is 59.7 cm³/mol. The van der Waals surface area contributed by atoms with Crippen LogP contribution in [-0.2, 0) is 11.3 Å². The van der Waals surface area contributed by atoms with Crippen molar-refractivity contribution in [3.63, 3.8) is 0 Å². The van der Waals surface area contributed by atoms with Crippen LogP contribution >= 0.6 is 11.6 Å². The number of anilines is 1. The SMILES string of the molecule is COCCNc1cc(Cl)ccc1CN. The molecule has 1 aromatic rings. The lowest BCUT2D eigenvalue weighted by Gasteiger charge is -2.10. The van der Waals surface area contributed by atoms with Crippen molar-refractivity contribution >= 4 is 17.3 Å².